The minimum atomic E-state index is -0.990. The number of hydrogen-bond acceptors (Lipinski definition) is 6. The number of unbranched alkanes of at least 4 members (excludes halogenated alkanes) is 1. The second-order valence-corrected chi connectivity index (χ2v) is 3.85. The number of aliphatic hydroxyl groups excluding tert-OH is 2. The Labute approximate surface area is 119 Å². The van der Waals surface area contributed by atoms with Gasteiger partial charge in [-0.1, -0.05) is 20.1 Å². The lowest BCUT2D eigenvalue weighted by Crippen LogP contribution is -2.14. The Morgan fingerprint density at radius 2 is 1.95 bits per heavy atom. The standard InChI is InChI=1S/C8H14O3.C6H10O3/c1-7(2)8(10)11-6-4-3-5-9;1-3-5(7)9-6(8)4-2/h9H,1,3-6H2,2H3;3,6,8H,1,4H2,2H3. The number of carbonyl (C=O) groups excluding carboxylic acids is 2. The average Bonchev–Trinajstić information content (AvgIpc) is 2.43. The Kier molecular flexibility index (Phi) is 14.2. The lowest BCUT2D eigenvalue weighted by molar-refractivity contribution is -0.161. The third-order valence-corrected chi connectivity index (χ3v) is 1.90. The van der Waals surface area contributed by atoms with Gasteiger partial charge in [-0.3, -0.25) is 0 Å². The van der Waals surface area contributed by atoms with Crippen LogP contribution in [-0.4, -0.2) is 41.7 Å². The Balaban J connectivity index is 0. The number of hydrogen-bond donors (Lipinski definition) is 2. The first-order valence-electron chi connectivity index (χ1n) is 6.33. The van der Waals surface area contributed by atoms with Crippen molar-refractivity contribution >= 4 is 11.9 Å². The molecule has 2 N–H and O–H groups in total. The summed E-state index contributed by atoms with van der Waals surface area (Å²) in [5.41, 5.74) is 0.411. The lowest BCUT2D eigenvalue weighted by atomic mass is 10.3. The van der Waals surface area contributed by atoms with Gasteiger partial charge in [0.25, 0.3) is 0 Å². The summed E-state index contributed by atoms with van der Waals surface area (Å²) in [5, 5.41) is 17.1. The van der Waals surface area contributed by atoms with Crippen molar-refractivity contribution in [3.63, 3.8) is 0 Å². The van der Waals surface area contributed by atoms with E-state index in [9.17, 15) is 9.59 Å². The molecule has 0 aliphatic rings. The fraction of sp³-hybridized carbons (Fsp3) is 0.571. The summed E-state index contributed by atoms with van der Waals surface area (Å²) < 4.78 is 9.10. The molecule has 1 atom stereocenters. The van der Waals surface area contributed by atoms with Gasteiger partial charge in [-0.15, -0.1) is 0 Å². The van der Waals surface area contributed by atoms with Gasteiger partial charge >= 0.3 is 11.9 Å². The van der Waals surface area contributed by atoms with Gasteiger partial charge in [-0.05, 0) is 19.8 Å². The topological polar surface area (TPSA) is 93.1 Å². The summed E-state index contributed by atoms with van der Waals surface area (Å²) in [6.45, 7) is 10.4. The minimum absolute atomic E-state index is 0.143. The molecule has 0 rings (SSSR count). The molecular formula is C14H24O6. The summed E-state index contributed by atoms with van der Waals surface area (Å²) in [7, 11) is 0. The fourth-order valence-electron chi connectivity index (χ4n) is 0.767. The largest absolute Gasteiger partial charge is 0.462 e. The van der Waals surface area contributed by atoms with Gasteiger partial charge in [0.1, 0.15) is 0 Å². The molecule has 0 spiro atoms. The van der Waals surface area contributed by atoms with Crippen LogP contribution in [0.3, 0.4) is 0 Å². The van der Waals surface area contributed by atoms with Crippen molar-refractivity contribution < 1.29 is 29.3 Å². The van der Waals surface area contributed by atoms with Crippen LogP contribution in [0.1, 0.15) is 33.1 Å². The second-order valence-electron chi connectivity index (χ2n) is 3.85. The first kappa shape index (κ1) is 20.7. The number of ether oxygens (including phenoxy) is 2. The maximum atomic E-state index is 10.7. The van der Waals surface area contributed by atoms with E-state index in [1.54, 1.807) is 13.8 Å². The van der Waals surface area contributed by atoms with Crippen LogP contribution in [0.5, 0.6) is 0 Å². The quantitative estimate of drug-likeness (QED) is 0.303. The summed E-state index contributed by atoms with van der Waals surface area (Å²) in [5.74, 6) is -0.952. The molecule has 0 saturated heterocycles. The molecule has 20 heavy (non-hydrogen) atoms. The van der Waals surface area contributed by atoms with E-state index in [1.807, 2.05) is 0 Å². The van der Waals surface area contributed by atoms with Crippen LogP contribution in [0.4, 0.5) is 0 Å². The SMILES string of the molecule is C=C(C)C(=O)OCCCCO.C=CC(=O)OC(O)CC. The molecule has 0 aromatic heterocycles. The summed E-state index contributed by atoms with van der Waals surface area (Å²) in [4.78, 5) is 21.0. The van der Waals surface area contributed by atoms with Gasteiger partial charge in [0.15, 0.2) is 0 Å². The minimum Gasteiger partial charge on any atom is -0.462 e. The highest BCUT2D eigenvalue weighted by Crippen LogP contribution is 1.95. The first-order chi connectivity index (χ1) is 9.38. The molecule has 0 radical (unpaired) electrons. The number of aliphatic hydroxyl groups is 2. The molecule has 0 aliphatic carbocycles. The van der Waals surface area contributed by atoms with Crippen LogP contribution in [0, 0.1) is 0 Å². The predicted octanol–water partition coefficient (Wildman–Crippen LogP) is 1.32. The molecule has 0 aromatic carbocycles. The molecule has 116 valence electrons. The summed E-state index contributed by atoms with van der Waals surface area (Å²) in [6, 6.07) is 0. The smallest absolute Gasteiger partial charge is 0.333 e. The van der Waals surface area contributed by atoms with Crippen molar-refractivity contribution in [1.29, 1.82) is 0 Å². The van der Waals surface area contributed by atoms with Crippen LogP contribution in [0.2, 0.25) is 0 Å². The van der Waals surface area contributed by atoms with Gasteiger partial charge in [0.2, 0.25) is 6.29 Å². The highest BCUT2D eigenvalue weighted by molar-refractivity contribution is 5.86. The normalized spacial score (nSPS) is 10.6. The second kappa shape index (κ2) is 13.8. The van der Waals surface area contributed by atoms with Crippen LogP contribution < -0.4 is 0 Å². The molecule has 0 fully saturated rings. The van der Waals surface area contributed by atoms with Crippen molar-refractivity contribution in [1.82, 2.24) is 0 Å². The maximum Gasteiger partial charge on any atom is 0.333 e. The van der Waals surface area contributed by atoms with E-state index < -0.39 is 12.3 Å². The van der Waals surface area contributed by atoms with Crippen molar-refractivity contribution in [2.75, 3.05) is 13.2 Å². The molecule has 1 unspecified atom stereocenters. The highest BCUT2D eigenvalue weighted by Gasteiger charge is 2.03. The van der Waals surface area contributed by atoms with E-state index in [4.69, 9.17) is 14.9 Å². The molecule has 0 aromatic rings. The third kappa shape index (κ3) is 14.4. The van der Waals surface area contributed by atoms with E-state index in [1.165, 1.54) is 0 Å². The maximum absolute atomic E-state index is 10.7. The zero-order chi connectivity index (χ0) is 16.0. The van der Waals surface area contributed by atoms with Gasteiger partial charge in [-0.25, -0.2) is 9.59 Å². The van der Waals surface area contributed by atoms with Crippen molar-refractivity contribution in [3.8, 4) is 0 Å². The van der Waals surface area contributed by atoms with Crippen molar-refractivity contribution in [3.05, 3.63) is 24.8 Å². The van der Waals surface area contributed by atoms with Gasteiger partial charge in [0.05, 0.1) is 6.61 Å². The Hall–Kier alpha value is -1.66. The van der Waals surface area contributed by atoms with E-state index in [0.29, 0.717) is 31.4 Å². The van der Waals surface area contributed by atoms with E-state index in [0.717, 1.165) is 6.08 Å². The fourth-order valence-corrected chi connectivity index (χ4v) is 0.767. The Morgan fingerprint density at radius 3 is 2.35 bits per heavy atom. The van der Waals surface area contributed by atoms with Gasteiger partial charge in [0, 0.05) is 24.7 Å². The molecular weight excluding hydrogens is 264 g/mol. The van der Waals surface area contributed by atoms with Gasteiger partial charge in [-0.2, -0.15) is 0 Å². The van der Waals surface area contributed by atoms with Crippen molar-refractivity contribution in [2.24, 2.45) is 0 Å². The first-order valence-corrected chi connectivity index (χ1v) is 6.33. The van der Waals surface area contributed by atoms with Crippen LogP contribution in [0.15, 0.2) is 24.8 Å². The zero-order valence-corrected chi connectivity index (χ0v) is 12.1. The van der Waals surface area contributed by atoms with Crippen molar-refractivity contribution in [2.45, 2.75) is 39.4 Å². The zero-order valence-electron chi connectivity index (χ0n) is 12.1. The Bertz CT molecular complexity index is 311. The van der Waals surface area contributed by atoms with Crippen LogP contribution >= 0.6 is 0 Å². The number of esters is 2. The molecule has 6 heteroatoms. The predicted molar refractivity (Wildman–Crippen MR) is 74.7 cm³/mol. The van der Waals surface area contributed by atoms with E-state index in [-0.39, 0.29) is 12.6 Å². The summed E-state index contributed by atoms with van der Waals surface area (Å²) in [6.07, 6.45) is 1.80. The average molecular weight is 288 g/mol. The molecule has 0 heterocycles. The molecule has 0 saturated carbocycles. The molecule has 6 nitrogen and oxygen atoms in total. The monoisotopic (exact) mass is 288 g/mol. The van der Waals surface area contributed by atoms with Crippen LogP contribution in [-0.2, 0) is 19.1 Å². The number of rotatable bonds is 8. The van der Waals surface area contributed by atoms with E-state index in [2.05, 4.69) is 17.9 Å². The molecule has 0 bridgehead atoms. The Morgan fingerprint density at radius 1 is 1.35 bits per heavy atom. The third-order valence-electron chi connectivity index (χ3n) is 1.90. The van der Waals surface area contributed by atoms with Crippen LogP contribution in [0.25, 0.3) is 0 Å². The van der Waals surface area contributed by atoms with Gasteiger partial charge < -0.3 is 19.7 Å². The number of carbonyl (C=O) groups is 2. The van der Waals surface area contributed by atoms with E-state index >= 15 is 0 Å². The highest BCUT2D eigenvalue weighted by atomic mass is 16.6. The summed E-state index contributed by atoms with van der Waals surface area (Å²) >= 11 is 0. The molecule has 0 aliphatic heterocycles. The molecule has 0 amide bonds. The lowest BCUT2D eigenvalue weighted by Gasteiger charge is -2.05.